The first kappa shape index (κ1) is 10.2. The van der Waals surface area contributed by atoms with Gasteiger partial charge in [0.05, 0.1) is 0 Å². The lowest BCUT2D eigenvalue weighted by atomic mass is 10.3. The Kier molecular flexibility index (Phi) is 5.44. The number of aryl methyl sites for hydroxylation is 1. The van der Waals surface area contributed by atoms with E-state index in [0.717, 1.165) is 11.6 Å². The van der Waals surface area contributed by atoms with Crippen molar-refractivity contribution in [3.63, 3.8) is 0 Å². The molecule has 1 nitrogen and oxygen atoms in total. The van der Waals surface area contributed by atoms with Crippen molar-refractivity contribution < 1.29 is 0 Å². The molecule has 0 radical (unpaired) electrons. The number of rotatable bonds is 0. The van der Waals surface area contributed by atoms with E-state index < -0.39 is 0 Å². The van der Waals surface area contributed by atoms with Gasteiger partial charge in [0.25, 0.3) is 0 Å². The van der Waals surface area contributed by atoms with Gasteiger partial charge in [0.2, 0.25) is 0 Å². The first-order valence-corrected chi connectivity index (χ1v) is 4.00. The van der Waals surface area contributed by atoms with Crippen LogP contribution in [0.1, 0.15) is 26.5 Å². The summed E-state index contributed by atoms with van der Waals surface area (Å²) in [6, 6.07) is 5.86. The Morgan fingerprint density at radius 3 is 1.91 bits per heavy atom. The second-order valence-corrected chi connectivity index (χ2v) is 3.20. The molecule has 0 N–H and O–H groups in total. The van der Waals surface area contributed by atoms with Crippen LogP contribution in [0.4, 0.5) is 0 Å². The summed E-state index contributed by atoms with van der Waals surface area (Å²) in [7, 11) is 0. The highest BCUT2D eigenvalue weighted by molar-refractivity contribution is 4.99. The van der Waals surface area contributed by atoms with Crippen molar-refractivity contribution in [3.05, 3.63) is 30.1 Å². The molecule has 1 aromatic heterocycles. The topological polar surface area (TPSA) is 12.9 Å². The average Bonchev–Trinajstić information content (AvgIpc) is 1.87. The van der Waals surface area contributed by atoms with Crippen molar-refractivity contribution >= 4 is 0 Å². The minimum Gasteiger partial charge on any atom is -0.262 e. The number of nitrogens with zero attached hydrogens (tertiary/aromatic N) is 1. The van der Waals surface area contributed by atoms with Crippen LogP contribution in [-0.4, -0.2) is 4.98 Å². The van der Waals surface area contributed by atoms with E-state index >= 15 is 0 Å². The van der Waals surface area contributed by atoms with E-state index in [-0.39, 0.29) is 0 Å². The molecule has 0 amide bonds. The van der Waals surface area contributed by atoms with Crippen molar-refractivity contribution in [1.82, 2.24) is 4.98 Å². The van der Waals surface area contributed by atoms with Gasteiger partial charge in [-0.15, -0.1) is 0 Å². The normalized spacial score (nSPS) is 8.82. The molecule has 1 heterocycles. The third-order valence-corrected chi connectivity index (χ3v) is 0.813. The van der Waals surface area contributed by atoms with Gasteiger partial charge >= 0.3 is 0 Å². The second-order valence-electron chi connectivity index (χ2n) is 3.20. The molecule has 0 aliphatic carbocycles. The molecule has 0 aliphatic rings. The van der Waals surface area contributed by atoms with E-state index in [1.54, 1.807) is 6.20 Å². The van der Waals surface area contributed by atoms with Crippen LogP contribution in [0, 0.1) is 12.8 Å². The summed E-state index contributed by atoms with van der Waals surface area (Å²) in [5, 5.41) is 0. The summed E-state index contributed by atoms with van der Waals surface area (Å²) in [4.78, 5) is 3.98. The summed E-state index contributed by atoms with van der Waals surface area (Å²) in [5.41, 5.74) is 1.07. The predicted molar refractivity (Wildman–Crippen MR) is 49.5 cm³/mol. The molecule has 0 unspecified atom stereocenters. The van der Waals surface area contributed by atoms with E-state index in [9.17, 15) is 0 Å². The quantitative estimate of drug-likeness (QED) is 0.555. The lowest BCUT2D eigenvalue weighted by Gasteiger charge is -1.82. The van der Waals surface area contributed by atoms with Crippen molar-refractivity contribution in [1.29, 1.82) is 0 Å². The van der Waals surface area contributed by atoms with Crippen molar-refractivity contribution in [2.75, 3.05) is 0 Å². The average molecular weight is 151 g/mol. The molecule has 1 aromatic rings. The highest BCUT2D eigenvalue weighted by Gasteiger charge is 1.73. The van der Waals surface area contributed by atoms with E-state index in [1.807, 2.05) is 25.1 Å². The van der Waals surface area contributed by atoms with Crippen LogP contribution in [-0.2, 0) is 0 Å². The Morgan fingerprint density at radius 2 is 1.73 bits per heavy atom. The minimum absolute atomic E-state index is 0.833. The zero-order chi connectivity index (χ0) is 8.69. The summed E-state index contributed by atoms with van der Waals surface area (Å²) < 4.78 is 0. The van der Waals surface area contributed by atoms with E-state index in [1.165, 1.54) is 0 Å². The molecule has 1 heteroatoms. The van der Waals surface area contributed by atoms with Crippen LogP contribution < -0.4 is 0 Å². The smallest absolute Gasteiger partial charge is 0.0372 e. The molecular formula is C10H17N. The van der Waals surface area contributed by atoms with Crippen molar-refractivity contribution in [3.8, 4) is 0 Å². The highest BCUT2D eigenvalue weighted by Crippen LogP contribution is 1.86. The van der Waals surface area contributed by atoms with E-state index in [2.05, 4.69) is 25.8 Å². The third kappa shape index (κ3) is 9.15. The Labute approximate surface area is 69.5 Å². The second kappa shape index (κ2) is 5.90. The lowest BCUT2D eigenvalue weighted by molar-refractivity contribution is 0.737. The molecule has 62 valence electrons. The predicted octanol–water partition coefficient (Wildman–Crippen LogP) is 3.05. The van der Waals surface area contributed by atoms with Gasteiger partial charge < -0.3 is 0 Å². The summed E-state index contributed by atoms with van der Waals surface area (Å²) in [6.45, 7) is 8.47. The summed E-state index contributed by atoms with van der Waals surface area (Å²) in [5.74, 6) is 0.833. The van der Waals surface area contributed by atoms with Crippen LogP contribution in [0.25, 0.3) is 0 Å². The zero-order valence-corrected chi connectivity index (χ0v) is 7.83. The molecular weight excluding hydrogens is 134 g/mol. The lowest BCUT2D eigenvalue weighted by Crippen LogP contribution is -1.72. The van der Waals surface area contributed by atoms with Crippen molar-refractivity contribution in [2.45, 2.75) is 27.7 Å². The molecule has 0 saturated heterocycles. The molecule has 0 aromatic carbocycles. The number of hydrogen-bond acceptors (Lipinski definition) is 1. The van der Waals surface area contributed by atoms with Gasteiger partial charge in [-0.25, -0.2) is 0 Å². The van der Waals surface area contributed by atoms with E-state index in [0.29, 0.717) is 0 Å². The molecule has 0 saturated carbocycles. The maximum absolute atomic E-state index is 3.98. The summed E-state index contributed by atoms with van der Waals surface area (Å²) in [6.07, 6.45) is 1.79. The maximum atomic E-state index is 3.98. The zero-order valence-electron chi connectivity index (χ0n) is 7.83. The molecule has 0 atom stereocenters. The minimum atomic E-state index is 0.833. The Bertz CT molecular complexity index is 165. The maximum Gasteiger partial charge on any atom is 0.0372 e. The van der Waals surface area contributed by atoms with Gasteiger partial charge in [0.1, 0.15) is 0 Å². The first-order valence-electron chi connectivity index (χ1n) is 4.00. The Morgan fingerprint density at radius 1 is 1.18 bits per heavy atom. The standard InChI is InChI=1S/C6H7N.C4H10/c1-6-4-2-3-5-7-6;1-4(2)3/h2-5H,1H3;4H,1-3H3. The molecule has 0 spiro atoms. The van der Waals surface area contributed by atoms with Gasteiger partial charge in [-0.1, -0.05) is 26.8 Å². The van der Waals surface area contributed by atoms with Crippen LogP contribution in [0.2, 0.25) is 0 Å². The molecule has 0 fully saturated rings. The van der Waals surface area contributed by atoms with E-state index in [4.69, 9.17) is 0 Å². The van der Waals surface area contributed by atoms with Gasteiger partial charge in [-0.2, -0.15) is 0 Å². The van der Waals surface area contributed by atoms with Gasteiger partial charge in [0.15, 0.2) is 0 Å². The Hall–Kier alpha value is -0.850. The van der Waals surface area contributed by atoms with Crippen LogP contribution in [0.5, 0.6) is 0 Å². The molecule has 0 bridgehead atoms. The molecule has 0 aliphatic heterocycles. The largest absolute Gasteiger partial charge is 0.262 e. The van der Waals surface area contributed by atoms with Gasteiger partial charge in [0, 0.05) is 11.9 Å². The number of pyridine rings is 1. The molecule has 11 heavy (non-hydrogen) atoms. The van der Waals surface area contributed by atoms with Crippen LogP contribution >= 0.6 is 0 Å². The third-order valence-electron chi connectivity index (χ3n) is 0.813. The number of hydrogen-bond donors (Lipinski definition) is 0. The first-order chi connectivity index (χ1) is 5.13. The summed E-state index contributed by atoms with van der Waals surface area (Å²) >= 11 is 0. The fourth-order valence-electron chi connectivity index (χ4n) is 0.448. The fraction of sp³-hybridized carbons (Fsp3) is 0.500. The van der Waals surface area contributed by atoms with Gasteiger partial charge in [-0.05, 0) is 25.0 Å². The number of aromatic nitrogens is 1. The van der Waals surface area contributed by atoms with Crippen LogP contribution in [0.3, 0.4) is 0 Å². The van der Waals surface area contributed by atoms with Crippen molar-refractivity contribution in [2.24, 2.45) is 5.92 Å². The highest BCUT2D eigenvalue weighted by atomic mass is 14.6. The Balaban J connectivity index is 0.000000218. The van der Waals surface area contributed by atoms with Crippen LogP contribution in [0.15, 0.2) is 24.4 Å². The molecule has 1 rings (SSSR count). The van der Waals surface area contributed by atoms with Gasteiger partial charge in [-0.3, -0.25) is 4.98 Å². The fourth-order valence-corrected chi connectivity index (χ4v) is 0.448. The SMILES string of the molecule is CC(C)C.Cc1ccccn1. The monoisotopic (exact) mass is 151 g/mol.